The topological polar surface area (TPSA) is 73.1 Å². The monoisotopic (exact) mass is 208 g/mol. The summed E-state index contributed by atoms with van der Waals surface area (Å²) in [5.74, 6) is 1.37. The first-order valence-corrected chi connectivity index (χ1v) is 5.17. The van der Waals surface area contributed by atoms with Crippen LogP contribution in [0.3, 0.4) is 0 Å². The Morgan fingerprint density at radius 2 is 2.13 bits per heavy atom. The van der Waals surface area contributed by atoms with E-state index in [1.165, 1.54) is 0 Å². The number of nitrogen functional groups attached to an aromatic ring is 1. The van der Waals surface area contributed by atoms with E-state index in [1.54, 1.807) is 0 Å². The average Bonchev–Trinajstić information content (AvgIpc) is 2.43. The van der Waals surface area contributed by atoms with Crippen LogP contribution in [-0.2, 0) is 24.1 Å². The maximum absolute atomic E-state index is 5.91. The zero-order valence-electron chi connectivity index (χ0n) is 8.92. The highest BCUT2D eigenvalue weighted by molar-refractivity contribution is 5.43. The highest BCUT2D eigenvalue weighted by Crippen LogP contribution is 2.17. The van der Waals surface area contributed by atoms with Crippen molar-refractivity contribution in [3.63, 3.8) is 0 Å². The molecular formula is C10H16N4O. The van der Waals surface area contributed by atoms with Crippen LogP contribution >= 0.6 is 0 Å². The summed E-state index contributed by atoms with van der Waals surface area (Å²) in [6.07, 6.45) is 1.65. The molecule has 82 valence electrons. The number of ether oxygens (including phenoxy) is 1. The van der Waals surface area contributed by atoms with Crippen molar-refractivity contribution < 1.29 is 4.74 Å². The molecule has 1 aromatic rings. The minimum absolute atomic E-state index is 0.607. The minimum Gasteiger partial charge on any atom is -0.383 e. The van der Waals surface area contributed by atoms with Crippen molar-refractivity contribution in [2.24, 2.45) is 0 Å². The van der Waals surface area contributed by atoms with Crippen LogP contribution in [0.4, 0.5) is 5.82 Å². The lowest BCUT2D eigenvalue weighted by Gasteiger charge is -2.09. The van der Waals surface area contributed by atoms with Gasteiger partial charge in [0.25, 0.3) is 0 Å². The molecule has 2 heterocycles. The van der Waals surface area contributed by atoms with E-state index in [0.29, 0.717) is 19.0 Å². The van der Waals surface area contributed by atoms with Gasteiger partial charge in [0, 0.05) is 18.4 Å². The van der Waals surface area contributed by atoms with Gasteiger partial charge in [0.15, 0.2) is 0 Å². The molecule has 0 saturated carbocycles. The molecule has 0 saturated heterocycles. The third-order valence-corrected chi connectivity index (χ3v) is 2.49. The zero-order chi connectivity index (χ0) is 10.7. The molecule has 0 aliphatic carbocycles. The Morgan fingerprint density at radius 1 is 1.33 bits per heavy atom. The van der Waals surface area contributed by atoms with E-state index < -0.39 is 0 Å². The van der Waals surface area contributed by atoms with Crippen molar-refractivity contribution in [1.82, 2.24) is 15.3 Å². The Bertz CT molecular complexity index is 354. The van der Waals surface area contributed by atoms with Gasteiger partial charge in [0.05, 0.1) is 25.5 Å². The van der Waals surface area contributed by atoms with Crippen LogP contribution in [0.15, 0.2) is 0 Å². The van der Waals surface area contributed by atoms with Crippen molar-refractivity contribution in [2.75, 3.05) is 26.0 Å². The fourth-order valence-electron chi connectivity index (χ4n) is 1.76. The number of nitrogens with one attached hydrogen (secondary N) is 1. The van der Waals surface area contributed by atoms with E-state index in [4.69, 9.17) is 10.5 Å². The van der Waals surface area contributed by atoms with E-state index in [0.717, 1.165) is 36.5 Å². The standard InChI is InChI=1S/C10H16N4O/c1-12-6-9-13-8-3-5-15-4-2-7(8)10(11)14-9/h12H,2-6H2,1H3,(H2,11,13,14). The summed E-state index contributed by atoms with van der Waals surface area (Å²) in [5.41, 5.74) is 8.02. The first-order valence-electron chi connectivity index (χ1n) is 5.17. The molecule has 0 radical (unpaired) electrons. The van der Waals surface area contributed by atoms with Crippen LogP contribution in [-0.4, -0.2) is 30.2 Å². The van der Waals surface area contributed by atoms with Crippen LogP contribution in [0.25, 0.3) is 0 Å². The van der Waals surface area contributed by atoms with Gasteiger partial charge in [-0.3, -0.25) is 0 Å². The molecule has 5 nitrogen and oxygen atoms in total. The lowest BCUT2D eigenvalue weighted by Crippen LogP contribution is -2.14. The lowest BCUT2D eigenvalue weighted by atomic mass is 10.1. The second-order valence-electron chi connectivity index (χ2n) is 3.59. The lowest BCUT2D eigenvalue weighted by molar-refractivity contribution is 0.146. The summed E-state index contributed by atoms with van der Waals surface area (Å²) in [4.78, 5) is 8.76. The summed E-state index contributed by atoms with van der Waals surface area (Å²) in [5, 5.41) is 3.02. The molecule has 1 aromatic heterocycles. The van der Waals surface area contributed by atoms with Crippen LogP contribution in [0, 0.1) is 0 Å². The molecule has 0 unspecified atom stereocenters. The van der Waals surface area contributed by atoms with Crippen molar-refractivity contribution in [3.05, 3.63) is 17.1 Å². The minimum atomic E-state index is 0.607. The molecule has 0 atom stereocenters. The van der Waals surface area contributed by atoms with Gasteiger partial charge in [-0.1, -0.05) is 0 Å². The van der Waals surface area contributed by atoms with Crippen molar-refractivity contribution in [3.8, 4) is 0 Å². The van der Waals surface area contributed by atoms with E-state index >= 15 is 0 Å². The fourth-order valence-corrected chi connectivity index (χ4v) is 1.76. The van der Waals surface area contributed by atoms with Gasteiger partial charge in [-0.2, -0.15) is 0 Å². The van der Waals surface area contributed by atoms with Gasteiger partial charge in [-0.05, 0) is 7.05 Å². The smallest absolute Gasteiger partial charge is 0.144 e. The molecule has 1 aliphatic heterocycles. The number of anilines is 1. The molecule has 3 N–H and O–H groups in total. The third-order valence-electron chi connectivity index (χ3n) is 2.49. The molecular weight excluding hydrogens is 192 g/mol. The van der Waals surface area contributed by atoms with Crippen molar-refractivity contribution in [1.29, 1.82) is 0 Å². The second kappa shape index (κ2) is 4.55. The van der Waals surface area contributed by atoms with E-state index in [9.17, 15) is 0 Å². The number of rotatable bonds is 2. The Balaban J connectivity index is 2.35. The number of hydrogen-bond acceptors (Lipinski definition) is 5. The summed E-state index contributed by atoms with van der Waals surface area (Å²) < 4.78 is 5.39. The van der Waals surface area contributed by atoms with Crippen molar-refractivity contribution >= 4 is 5.82 Å². The van der Waals surface area contributed by atoms with Gasteiger partial charge in [0.2, 0.25) is 0 Å². The molecule has 0 spiro atoms. The van der Waals surface area contributed by atoms with E-state index in [2.05, 4.69) is 15.3 Å². The Kier molecular flexibility index (Phi) is 3.13. The van der Waals surface area contributed by atoms with Gasteiger partial charge >= 0.3 is 0 Å². The van der Waals surface area contributed by atoms with Crippen LogP contribution < -0.4 is 11.1 Å². The number of nitrogens with zero attached hydrogens (tertiary/aromatic N) is 2. The van der Waals surface area contributed by atoms with Gasteiger partial charge in [-0.25, -0.2) is 9.97 Å². The summed E-state index contributed by atoms with van der Waals surface area (Å²) in [6, 6.07) is 0. The SMILES string of the molecule is CNCc1nc(N)c2c(n1)CCOCC2. The first kappa shape index (κ1) is 10.3. The largest absolute Gasteiger partial charge is 0.383 e. The van der Waals surface area contributed by atoms with Crippen LogP contribution in [0.1, 0.15) is 17.1 Å². The molecule has 0 fully saturated rings. The molecule has 2 rings (SSSR count). The van der Waals surface area contributed by atoms with E-state index in [-0.39, 0.29) is 0 Å². The number of aromatic nitrogens is 2. The highest BCUT2D eigenvalue weighted by atomic mass is 16.5. The van der Waals surface area contributed by atoms with Crippen molar-refractivity contribution in [2.45, 2.75) is 19.4 Å². The van der Waals surface area contributed by atoms with Gasteiger partial charge in [-0.15, -0.1) is 0 Å². The molecule has 0 bridgehead atoms. The summed E-state index contributed by atoms with van der Waals surface area (Å²) >= 11 is 0. The highest BCUT2D eigenvalue weighted by Gasteiger charge is 2.14. The Hall–Kier alpha value is -1.20. The Labute approximate surface area is 89.1 Å². The maximum Gasteiger partial charge on any atom is 0.144 e. The van der Waals surface area contributed by atoms with E-state index in [1.807, 2.05) is 7.05 Å². The zero-order valence-corrected chi connectivity index (χ0v) is 8.92. The number of hydrogen-bond donors (Lipinski definition) is 2. The molecule has 0 aromatic carbocycles. The number of nitrogens with two attached hydrogens (primary N) is 1. The quantitative estimate of drug-likeness (QED) is 0.709. The van der Waals surface area contributed by atoms with Crippen LogP contribution in [0.5, 0.6) is 0 Å². The summed E-state index contributed by atoms with van der Waals surface area (Å²) in [6.45, 7) is 2.09. The predicted octanol–water partition coefficient (Wildman–Crippen LogP) is -0.107. The first-order chi connectivity index (χ1) is 7.31. The van der Waals surface area contributed by atoms with Gasteiger partial charge in [0.1, 0.15) is 11.6 Å². The Morgan fingerprint density at radius 3 is 2.93 bits per heavy atom. The third kappa shape index (κ3) is 2.24. The molecule has 0 amide bonds. The molecule has 15 heavy (non-hydrogen) atoms. The second-order valence-corrected chi connectivity index (χ2v) is 3.59. The predicted molar refractivity (Wildman–Crippen MR) is 57.4 cm³/mol. The molecule has 5 heteroatoms. The van der Waals surface area contributed by atoms with Gasteiger partial charge < -0.3 is 15.8 Å². The normalized spacial score (nSPS) is 15.8. The van der Waals surface area contributed by atoms with Crippen LogP contribution in [0.2, 0.25) is 0 Å². The maximum atomic E-state index is 5.91. The summed E-state index contributed by atoms with van der Waals surface area (Å²) in [7, 11) is 1.87. The molecule has 1 aliphatic rings. The number of fused-ring (bicyclic) bond motifs is 1. The average molecular weight is 208 g/mol. The fraction of sp³-hybridized carbons (Fsp3) is 0.600.